The quantitative estimate of drug-likeness (QED) is 0.343. The normalized spacial score (nSPS) is 15.9. The summed E-state index contributed by atoms with van der Waals surface area (Å²) in [5, 5.41) is 2.90. The summed E-state index contributed by atoms with van der Waals surface area (Å²) in [5.74, 6) is -0.0446. The fourth-order valence-corrected chi connectivity index (χ4v) is 4.49. The van der Waals surface area contributed by atoms with Gasteiger partial charge in [0, 0.05) is 30.1 Å². The summed E-state index contributed by atoms with van der Waals surface area (Å²) in [6.07, 6.45) is 1.93. The van der Waals surface area contributed by atoms with Crippen LogP contribution in [-0.4, -0.2) is 39.0 Å². The lowest BCUT2D eigenvalue weighted by Crippen LogP contribution is -2.30. The number of amides is 1. The number of nitrogens with zero attached hydrogens (tertiary/aromatic N) is 3. The SMILES string of the molecule is CCN1C(=O)C(=Cc2ccc3c(c2)c2ccccc2n3-c2ccccc2)N(C)C1=S. The van der Waals surface area contributed by atoms with Crippen molar-refractivity contribution in [2.75, 3.05) is 13.6 Å². The van der Waals surface area contributed by atoms with Gasteiger partial charge in [-0.25, -0.2) is 0 Å². The average Bonchev–Trinajstić information content (AvgIpc) is 3.21. The van der Waals surface area contributed by atoms with Crippen LogP contribution in [0.2, 0.25) is 0 Å². The van der Waals surface area contributed by atoms with E-state index in [1.165, 1.54) is 5.39 Å². The summed E-state index contributed by atoms with van der Waals surface area (Å²) in [5.41, 5.74) is 5.02. The first-order chi connectivity index (χ1) is 14.6. The van der Waals surface area contributed by atoms with Crippen LogP contribution >= 0.6 is 12.2 Å². The summed E-state index contributed by atoms with van der Waals surface area (Å²) >= 11 is 5.42. The molecule has 2 heterocycles. The summed E-state index contributed by atoms with van der Waals surface area (Å²) in [6, 6.07) is 25.1. The van der Waals surface area contributed by atoms with Crippen LogP contribution in [0, 0.1) is 0 Å². The van der Waals surface area contributed by atoms with E-state index in [2.05, 4.69) is 71.3 Å². The predicted molar refractivity (Wildman–Crippen MR) is 127 cm³/mol. The van der Waals surface area contributed by atoms with Gasteiger partial charge in [-0.05, 0) is 61.1 Å². The maximum atomic E-state index is 12.8. The third kappa shape index (κ3) is 2.74. The van der Waals surface area contributed by atoms with Crippen LogP contribution in [0.25, 0.3) is 33.6 Å². The molecule has 1 amide bonds. The van der Waals surface area contributed by atoms with Crippen LogP contribution in [0.15, 0.2) is 78.5 Å². The Labute approximate surface area is 180 Å². The molecule has 1 aromatic heterocycles. The minimum Gasteiger partial charge on any atom is -0.317 e. The molecule has 4 aromatic rings. The van der Waals surface area contributed by atoms with Gasteiger partial charge in [0.2, 0.25) is 0 Å². The highest BCUT2D eigenvalue weighted by molar-refractivity contribution is 7.80. The van der Waals surface area contributed by atoms with Gasteiger partial charge in [0.05, 0.1) is 11.0 Å². The van der Waals surface area contributed by atoms with Crippen molar-refractivity contribution in [2.45, 2.75) is 6.92 Å². The van der Waals surface area contributed by atoms with Crippen molar-refractivity contribution in [1.29, 1.82) is 0 Å². The highest BCUT2D eigenvalue weighted by Gasteiger charge is 2.34. The van der Waals surface area contributed by atoms with Crippen LogP contribution in [0.3, 0.4) is 0 Å². The summed E-state index contributed by atoms with van der Waals surface area (Å²) in [4.78, 5) is 16.2. The molecule has 0 aliphatic carbocycles. The number of para-hydroxylation sites is 2. The molecule has 4 nitrogen and oxygen atoms in total. The van der Waals surface area contributed by atoms with Crippen molar-refractivity contribution < 1.29 is 4.79 Å². The summed E-state index contributed by atoms with van der Waals surface area (Å²) in [6.45, 7) is 2.51. The fraction of sp³-hybridized carbons (Fsp3) is 0.120. The molecule has 0 radical (unpaired) electrons. The molecule has 30 heavy (non-hydrogen) atoms. The zero-order chi connectivity index (χ0) is 20.8. The molecule has 0 saturated carbocycles. The highest BCUT2D eigenvalue weighted by atomic mass is 32.1. The Morgan fingerprint density at radius 3 is 2.33 bits per heavy atom. The molecule has 0 atom stereocenters. The van der Waals surface area contributed by atoms with Crippen molar-refractivity contribution in [3.63, 3.8) is 0 Å². The number of benzene rings is 3. The second-order valence-electron chi connectivity index (χ2n) is 7.39. The van der Waals surface area contributed by atoms with Gasteiger partial charge in [0.15, 0.2) is 5.11 Å². The number of likely N-dealkylation sites (N-methyl/N-ethyl adjacent to an activating group) is 2. The van der Waals surface area contributed by atoms with Crippen molar-refractivity contribution in [2.24, 2.45) is 0 Å². The Hall–Kier alpha value is -3.44. The molecule has 5 rings (SSSR count). The Kier molecular flexibility index (Phi) is 4.40. The second-order valence-corrected chi connectivity index (χ2v) is 7.75. The zero-order valence-electron chi connectivity index (χ0n) is 16.9. The maximum Gasteiger partial charge on any atom is 0.276 e. The monoisotopic (exact) mass is 411 g/mol. The van der Waals surface area contributed by atoms with Gasteiger partial charge >= 0.3 is 0 Å². The van der Waals surface area contributed by atoms with E-state index < -0.39 is 0 Å². The number of carbonyl (C=O) groups is 1. The molecule has 0 N–H and O–H groups in total. The molecule has 148 valence electrons. The number of fused-ring (bicyclic) bond motifs is 3. The van der Waals surface area contributed by atoms with Gasteiger partial charge in [0.25, 0.3) is 5.91 Å². The Balaban J connectivity index is 1.71. The van der Waals surface area contributed by atoms with E-state index in [0.717, 1.165) is 27.7 Å². The minimum absolute atomic E-state index is 0.0446. The molecular formula is C25H21N3OS. The van der Waals surface area contributed by atoms with E-state index in [4.69, 9.17) is 12.2 Å². The van der Waals surface area contributed by atoms with E-state index in [0.29, 0.717) is 17.4 Å². The lowest BCUT2D eigenvalue weighted by atomic mass is 10.1. The maximum absolute atomic E-state index is 12.8. The summed E-state index contributed by atoms with van der Waals surface area (Å²) < 4.78 is 2.28. The molecule has 1 aliphatic heterocycles. The third-order valence-electron chi connectivity index (χ3n) is 5.67. The van der Waals surface area contributed by atoms with E-state index >= 15 is 0 Å². The smallest absolute Gasteiger partial charge is 0.276 e. The van der Waals surface area contributed by atoms with Crippen LogP contribution < -0.4 is 0 Å². The molecule has 1 saturated heterocycles. The van der Waals surface area contributed by atoms with Crippen molar-refractivity contribution >= 4 is 51.1 Å². The van der Waals surface area contributed by atoms with E-state index in [9.17, 15) is 4.79 Å². The second kappa shape index (κ2) is 7.11. The van der Waals surface area contributed by atoms with Gasteiger partial charge in [0.1, 0.15) is 5.70 Å². The van der Waals surface area contributed by atoms with E-state index in [1.807, 2.05) is 26.1 Å². The number of carbonyl (C=O) groups excluding carboxylic acids is 1. The fourth-order valence-electron chi connectivity index (χ4n) is 4.18. The van der Waals surface area contributed by atoms with Gasteiger partial charge in [-0.3, -0.25) is 9.69 Å². The van der Waals surface area contributed by atoms with Crippen molar-refractivity contribution in [3.8, 4) is 5.69 Å². The van der Waals surface area contributed by atoms with Crippen LogP contribution in [0.1, 0.15) is 12.5 Å². The molecule has 0 unspecified atom stereocenters. The standard InChI is InChI=1S/C25H21N3OS/c1-3-27-24(29)23(26(2)25(27)30)16-17-13-14-22-20(15-17)19-11-7-8-12-21(19)28(22)18-9-5-4-6-10-18/h4-16H,3H2,1-2H3. The van der Waals surface area contributed by atoms with E-state index in [1.54, 1.807) is 9.80 Å². The Morgan fingerprint density at radius 1 is 0.900 bits per heavy atom. The lowest BCUT2D eigenvalue weighted by Gasteiger charge is -2.13. The molecular weight excluding hydrogens is 390 g/mol. The highest BCUT2D eigenvalue weighted by Crippen LogP contribution is 2.33. The number of hydrogen-bond acceptors (Lipinski definition) is 2. The van der Waals surface area contributed by atoms with E-state index in [-0.39, 0.29) is 5.91 Å². The first kappa shape index (κ1) is 18.6. The minimum atomic E-state index is -0.0446. The first-order valence-corrected chi connectivity index (χ1v) is 10.4. The van der Waals surface area contributed by atoms with Gasteiger partial charge in [-0.1, -0.05) is 42.5 Å². The van der Waals surface area contributed by atoms with Crippen molar-refractivity contribution in [3.05, 3.63) is 84.1 Å². The molecule has 0 bridgehead atoms. The van der Waals surface area contributed by atoms with Crippen LogP contribution in [0.5, 0.6) is 0 Å². The van der Waals surface area contributed by atoms with Crippen LogP contribution in [0.4, 0.5) is 0 Å². The Bertz CT molecular complexity index is 1340. The first-order valence-electron chi connectivity index (χ1n) is 10.00. The van der Waals surface area contributed by atoms with Crippen LogP contribution in [-0.2, 0) is 4.79 Å². The average molecular weight is 412 g/mol. The third-order valence-corrected chi connectivity index (χ3v) is 6.17. The molecule has 0 spiro atoms. The molecule has 1 aliphatic rings. The largest absolute Gasteiger partial charge is 0.317 e. The van der Waals surface area contributed by atoms with Gasteiger partial charge < -0.3 is 9.47 Å². The number of aromatic nitrogens is 1. The number of rotatable bonds is 3. The lowest BCUT2D eigenvalue weighted by molar-refractivity contribution is -0.122. The zero-order valence-corrected chi connectivity index (χ0v) is 17.7. The summed E-state index contributed by atoms with van der Waals surface area (Å²) in [7, 11) is 1.85. The van der Waals surface area contributed by atoms with Gasteiger partial charge in [-0.2, -0.15) is 0 Å². The van der Waals surface area contributed by atoms with Crippen molar-refractivity contribution in [1.82, 2.24) is 14.4 Å². The number of hydrogen-bond donors (Lipinski definition) is 0. The van der Waals surface area contributed by atoms with Gasteiger partial charge in [-0.15, -0.1) is 0 Å². The molecule has 5 heteroatoms. The molecule has 1 fully saturated rings. The number of thiocarbonyl (C=S) groups is 1. The predicted octanol–water partition coefficient (Wildman–Crippen LogP) is 5.20. The topological polar surface area (TPSA) is 28.5 Å². The molecule has 3 aromatic carbocycles. The Morgan fingerprint density at radius 2 is 1.60 bits per heavy atom.